The molecular weight excluding hydrogens is 248 g/mol. The van der Waals surface area contributed by atoms with E-state index in [0.29, 0.717) is 11.9 Å². The Morgan fingerprint density at radius 3 is 2.25 bits per heavy atom. The summed E-state index contributed by atoms with van der Waals surface area (Å²) >= 11 is 0. The Balaban J connectivity index is 2.15. The van der Waals surface area contributed by atoms with E-state index >= 15 is 0 Å². The van der Waals surface area contributed by atoms with Gasteiger partial charge in [-0.25, -0.2) is 9.97 Å². The largest absolute Gasteiger partial charge is 0.384 e. The Hall–Kier alpha value is -1.32. The van der Waals surface area contributed by atoms with Crippen LogP contribution in [-0.2, 0) is 5.41 Å². The van der Waals surface area contributed by atoms with Crippen molar-refractivity contribution in [2.75, 3.05) is 11.1 Å². The lowest BCUT2D eigenvalue weighted by molar-refractivity contribution is 0.280. The van der Waals surface area contributed by atoms with Gasteiger partial charge in [-0.05, 0) is 31.1 Å². The molecule has 3 N–H and O–H groups in total. The van der Waals surface area contributed by atoms with Crippen LogP contribution in [0.25, 0.3) is 0 Å². The Morgan fingerprint density at radius 1 is 1.10 bits per heavy atom. The summed E-state index contributed by atoms with van der Waals surface area (Å²) in [5.74, 6) is 3.77. The molecule has 0 spiro atoms. The van der Waals surface area contributed by atoms with Gasteiger partial charge in [0.25, 0.3) is 0 Å². The number of nitrogens with one attached hydrogen (secondary N) is 1. The van der Waals surface area contributed by atoms with E-state index in [1.807, 2.05) is 6.07 Å². The van der Waals surface area contributed by atoms with Crippen molar-refractivity contribution in [2.45, 2.75) is 65.3 Å². The molecule has 1 fully saturated rings. The van der Waals surface area contributed by atoms with E-state index in [-0.39, 0.29) is 5.41 Å². The molecule has 1 heterocycles. The fourth-order valence-corrected chi connectivity index (χ4v) is 3.15. The number of hydrogen-bond donors (Lipinski definition) is 2. The monoisotopic (exact) mass is 276 g/mol. The molecule has 0 amide bonds. The predicted octanol–water partition coefficient (Wildman–Crippen LogP) is 3.59. The van der Waals surface area contributed by atoms with Crippen molar-refractivity contribution in [1.29, 1.82) is 0 Å². The average molecular weight is 276 g/mol. The van der Waals surface area contributed by atoms with Crippen LogP contribution in [0.3, 0.4) is 0 Å². The second-order valence-corrected chi connectivity index (χ2v) is 7.51. The van der Waals surface area contributed by atoms with E-state index in [1.54, 1.807) is 0 Å². The summed E-state index contributed by atoms with van der Waals surface area (Å²) in [6.45, 7) is 11.0. The van der Waals surface area contributed by atoms with E-state index < -0.39 is 0 Å². The first-order valence-corrected chi connectivity index (χ1v) is 7.65. The molecule has 0 aromatic carbocycles. The molecule has 0 aliphatic heterocycles. The van der Waals surface area contributed by atoms with Crippen LogP contribution in [0.1, 0.15) is 59.7 Å². The molecule has 2 unspecified atom stereocenters. The normalized spacial score (nSPS) is 27.4. The lowest BCUT2D eigenvalue weighted by Gasteiger charge is -2.32. The fourth-order valence-electron chi connectivity index (χ4n) is 3.15. The topological polar surface area (TPSA) is 63.8 Å². The van der Waals surface area contributed by atoms with E-state index in [0.717, 1.165) is 23.5 Å². The van der Waals surface area contributed by atoms with Gasteiger partial charge in [0.05, 0.1) is 0 Å². The molecule has 0 radical (unpaired) electrons. The van der Waals surface area contributed by atoms with Crippen molar-refractivity contribution < 1.29 is 0 Å². The van der Waals surface area contributed by atoms with E-state index in [4.69, 9.17) is 5.73 Å². The standard InChI is InChI=1S/C16H28N4/c1-10-6-11(2)8-12(7-10)18-14-9-13(17)19-15(20-14)16(3,4)5/h9-12H,6-8H2,1-5H3,(H3,17,18,19,20). The van der Waals surface area contributed by atoms with Gasteiger partial charge < -0.3 is 11.1 Å². The third-order valence-corrected chi connectivity index (χ3v) is 3.95. The summed E-state index contributed by atoms with van der Waals surface area (Å²) in [4.78, 5) is 9.00. The van der Waals surface area contributed by atoms with Crippen LogP contribution in [0.15, 0.2) is 6.07 Å². The molecule has 1 saturated carbocycles. The highest BCUT2D eigenvalue weighted by atomic mass is 15.1. The SMILES string of the molecule is CC1CC(C)CC(Nc2cc(N)nc(C(C)(C)C)n2)C1. The predicted molar refractivity (Wildman–Crippen MR) is 84.7 cm³/mol. The van der Waals surface area contributed by atoms with Gasteiger partial charge >= 0.3 is 0 Å². The summed E-state index contributed by atoms with van der Waals surface area (Å²) in [6, 6.07) is 2.34. The molecule has 0 saturated heterocycles. The van der Waals surface area contributed by atoms with Gasteiger partial charge in [0.2, 0.25) is 0 Å². The average Bonchev–Trinajstić information content (AvgIpc) is 2.25. The Morgan fingerprint density at radius 2 is 1.70 bits per heavy atom. The molecule has 1 aromatic rings. The van der Waals surface area contributed by atoms with Gasteiger partial charge in [0.1, 0.15) is 17.5 Å². The zero-order valence-corrected chi connectivity index (χ0v) is 13.4. The molecule has 2 rings (SSSR count). The van der Waals surface area contributed by atoms with Gasteiger partial charge in [-0.1, -0.05) is 34.6 Å². The van der Waals surface area contributed by atoms with E-state index in [1.165, 1.54) is 19.3 Å². The highest BCUT2D eigenvalue weighted by Gasteiger charge is 2.25. The van der Waals surface area contributed by atoms with Crippen LogP contribution in [0.2, 0.25) is 0 Å². The lowest BCUT2D eigenvalue weighted by atomic mass is 9.80. The van der Waals surface area contributed by atoms with Crippen molar-refractivity contribution in [3.8, 4) is 0 Å². The van der Waals surface area contributed by atoms with Crippen LogP contribution in [0.5, 0.6) is 0 Å². The van der Waals surface area contributed by atoms with Crippen LogP contribution in [0, 0.1) is 11.8 Å². The summed E-state index contributed by atoms with van der Waals surface area (Å²) in [7, 11) is 0. The first kappa shape index (κ1) is 15.1. The molecule has 2 atom stereocenters. The highest BCUT2D eigenvalue weighted by Crippen LogP contribution is 2.30. The number of nitrogens with two attached hydrogens (primary N) is 1. The summed E-state index contributed by atoms with van der Waals surface area (Å²) in [6.07, 6.45) is 3.75. The lowest BCUT2D eigenvalue weighted by Crippen LogP contribution is -2.31. The first-order chi connectivity index (χ1) is 9.24. The van der Waals surface area contributed by atoms with Crippen LogP contribution in [0.4, 0.5) is 11.6 Å². The summed E-state index contributed by atoms with van der Waals surface area (Å²) in [5.41, 5.74) is 5.84. The Labute approximate surface area is 122 Å². The third kappa shape index (κ3) is 3.84. The molecule has 4 heteroatoms. The number of aromatic nitrogens is 2. The molecule has 1 aliphatic carbocycles. The highest BCUT2D eigenvalue weighted by molar-refractivity contribution is 5.46. The van der Waals surface area contributed by atoms with Gasteiger partial charge in [-0.3, -0.25) is 0 Å². The van der Waals surface area contributed by atoms with Gasteiger partial charge in [-0.15, -0.1) is 0 Å². The number of hydrogen-bond acceptors (Lipinski definition) is 4. The molecule has 0 bridgehead atoms. The molecule has 1 aromatic heterocycles. The maximum atomic E-state index is 5.92. The minimum absolute atomic E-state index is 0.0844. The summed E-state index contributed by atoms with van der Waals surface area (Å²) in [5, 5.41) is 3.56. The van der Waals surface area contributed by atoms with Crippen LogP contribution < -0.4 is 11.1 Å². The van der Waals surface area contributed by atoms with Gasteiger partial charge in [0, 0.05) is 17.5 Å². The van der Waals surface area contributed by atoms with Gasteiger partial charge in [0.15, 0.2) is 0 Å². The molecule has 112 valence electrons. The van der Waals surface area contributed by atoms with Crippen molar-refractivity contribution in [3.63, 3.8) is 0 Å². The molecule has 20 heavy (non-hydrogen) atoms. The van der Waals surface area contributed by atoms with Crippen LogP contribution in [-0.4, -0.2) is 16.0 Å². The Bertz CT molecular complexity index is 454. The first-order valence-electron chi connectivity index (χ1n) is 7.65. The number of anilines is 2. The van der Waals surface area contributed by atoms with Crippen molar-refractivity contribution in [2.24, 2.45) is 11.8 Å². The maximum Gasteiger partial charge on any atom is 0.138 e. The van der Waals surface area contributed by atoms with E-state index in [9.17, 15) is 0 Å². The zero-order chi connectivity index (χ0) is 14.9. The zero-order valence-electron chi connectivity index (χ0n) is 13.4. The fraction of sp³-hybridized carbons (Fsp3) is 0.750. The molecule has 4 nitrogen and oxygen atoms in total. The second kappa shape index (κ2) is 5.58. The minimum Gasteiger partial charge on any atom is -0.384 e. The van der Waals surface area contributed by atoms with Crippen molar-refractivity contribution in [1.82, 2.24) is 9.97 Å². The number of nitrogens with zero attached hydrogens (tertiary/aromatic N) is 2. The number of rotatable bonds is 2. The van der Waals surface area contributed by atoms with Gasteiger partial charge in [-0.2, -0.15) is 0 Å². The smallest absolute Gasteiger partial charge is 0.138 e. The van der Waals surface area contributed by atoms with Crippen molar-refractivity contribution in [3.05, 3.63) is 11.9 Å². The molecular formula is C16H28N4. The number of nitrogen functional groups attached to an aromatic ring is 1. The molecule has 1 aliphatic rings. The van der Waals surface area contributed by atoms with Crippen LogP contribution >= 0.6 is 0 Å². The maximum absolute atomic E-state index is 5.92. The van der Waals surface area contributed by atoms with Crippen molar-refractivity contribution >= 4 is 11.6 Å². The third-order valence-electron chi connectivity index (χ3n) is 3.95. The minimum atomic E-state index is -0.0844. The van der Waals surface area contributed by atoms with E-state index in [2.05, 4.69) is 49.9 Å². The second-order valence-electron chi connectivity index (χ2n) is 7.51. The quantitative estimate of drug-likeness (QED) is 0.866. The Kier molecular flexibility index (Phi) is 4.21. The summed E-state index contributed by atoms with van der Waals surface area (Å²) < 4.78 is 0.